The Kier molecular flexibility index (Phi) is 3.92. The summed E-state index contributed by atoms with van der Waals surface area (Å²) in [7, 11) is 0. The number of aromatic nitrogens is 2. The third-order valence-electron chi connectivity index (χ3n) is 3.35. The minimum Gasteiger partial charge on any atom is -0.374 e. The predicted octanol–water partition coefficient (Wildman–Crippen LogP) is 1.11. The topological polar surface area (TPSA) is 79.3 Å². The molecule has 7 nitrogen and oxygen atoms in total. The number of carbonyl (C=O) groups is 2. The molecule has 0 saturated carbocycles. The number of hydrogen-bond acceptors (Lipinski definition) is 4. The standard InChI is InChI=1S/C14H13F2N5O2/c15-10-2-1-3-11(16)13(10)21-8-9(6-19-21)18-7-12(22)20-5-4-17-14(20)23/h1-3,6,8,18H,4-5,7H2,(H,17,23). The van der Waals surface area contributed by atoms with Crippen molar-refractivity contribution in [3.8, 4) is 5.69 Å². The van der Waals surface area contributed by atoms with E-state index < -0.39 is 23.6 Å². The van der Waals surface area contributed by atoms with E-state index in [1.165, 1.54) is 18.5 Å². The molecule has 1 fully saturated rings. The van der Waals surface area contributed by atoms with Gasteiger partial charge in [-0.25, -0.2) is 18.3 Å². The summed E-state index contributed by atoms with van der Waals surface area (Å²) < 4.78 is 28.4. The van der Waals surface area contributed by atoms with Gasteiger partial charge in [-0.05, 0) is 12.1 Å². The van der Waals surface area contributed by atoms with E-state index in [0.717, 1.165) is 21.7 Å². The molecule has 23 heavy (non-hydrogen) atoms. The van der Waals surface area contributed by atoms with E-state index in [1.54, 1.807) is 0 Å². The lowest BCUT2D eigenvalue weighted by molar-refractivity contribution is -0.125. The molecule has 1 aromatic carbocycles. The second-order valence-corrected chi connectivity index (χ2v) is 4.87. The molecule has 2 N–H and O–H groups in total. The summed E-state index contributed by atoms with van der Waals surface area (Å²) in [5, 5.41) is 9.17. The third-order valence-corrected chi connectivity index (χ3v) is 3.35. The van der Waals surface area contributed by atoms with Crippen LogP contribution in [0, 0.1) is 11.6 Å². The first-order valence-corrected chi connectivity index (χ1v) is 6.87. The Morgan fingerprint density at radius 1 is 1.35 bits per heavy atom. The SMILES string of the molecule is O=C(CNc1cnn(-c2c(F)cccc2F)c1)N1CCNC1=O. The highest BCUT2D eigenvalue weighted by atomic mass is 19.1. The molecule has 0 bridgehead atoms. The molecular weight excluding hydrogens is 308 g/mol. The quantitative estimate of drug-likeness (QED) is 0.884. The van der Waals surface area contributed by atoms with E-state index in [4.69, 9.17) is 0 Å². The van der Waals surface area contributed by atoms with Gasteiger partial charge in [-0.1, -0.05) is 6.07 Å². The Balaban J connectivity index is 1.68. The number of anilines is 1. The summed E-state index contributed by atoms with van der Waals surface area (Å²) >= 11 is 0. The van der Waals surface area contributed by atoms with Crippen molar-refractivity contribution < 1.29 is 18.4 Å². The van der Waals surface area contributed by atoms with Gasteiger partial charge in [0.2, 0.25) is 5.91 Å². The van der Waals surface area contributed by atoms with Crippen LogP contribution in [0.15, 0.2) is 30.6 Å². The van der Waals surface area contributed by atoms with Crippen LogP contribution in [-0.4, -0.2) is 46.3 Å². The lowest BCUT2D eigenvalue weighted by Crippen LogP contribution is -2.37. The van der Waals surface area contributed by atoms with E-state index >= 15 is 0 Å². The molecule has 1 aliphatic rings. The van der Waals surface area contributed by atoms with Gasteiger partial charge in [-0.15, -0.1) is 0 Å². The van der Waals surface area contributed by atoms with Crippen LogP contribution in [0.2, 0.25) is 0 Å². The van der Waals surface area contributed by atoms with Crippen molar-refractivity contribution in [3.05, 3.63) is 42.2 Å². The van der Waals surface area contributed by atoms with Crippen LogP contribution in [0.1, 0.15) is 0 Å². The highest BCUT2D eigenvalue weighted by Crippen LogP contribution is 2.18. The number of imide groups is 1. The minimum atomic E-state index is -0.746. The third kappa shape index (κ3) is 2.98. The number of hydrogen-bond donors (Lipinski definition) is 2. The zero-order valence-corrected chi connectivity index (χ0v) is 11.9. The van der Waals surface area contributed by atoms with Crippen LogP contribution in [0.25, 0.3) is 5.69 Å². The van der Waals surface area contributed by atoms with Crippen molar-refractivity contribution in [1.29, 1.82) is 0 Å². The van der Waals surface area contributed by atoms with Crippen LogP contribution in [-0.2, 0) is 4.79 Å². The predicted molar refractivity (Wildman–Crippen MR) is 77.1 cm³/mol. The van der Waals surface area contributed by atoms with Crippen molar-refractivity contribution in [2.45, 2.75) is 0 Å². The van der Waals surface area contributed by atoms with E-state index in [-0.39, 0.29) is 12.2 Å². The van der Waals surface area contributed by atoms with Crippen LogP contribution in [0.3, 0.4) is 0 Å². The van der Waals surface area contributed by atoms with Gasteiger partial charge in [0.25, 0.3) is 0 Å². The van der Waals surface area contributed by atoms with E-state index in [0.29, 0.717) is 18.8 Å². The molecule has 0 aliphatic carbocycles. The molecule has 0 unspecified atom stereocenters. The second kappa shape index (κ2) is 6.03. The largest absolute Gasteiger partial charge is 0.374 e. The van der Waals surface area contributed by atoms with Gasteiger partial charge < -0.3 is 10.6 Å². The molecule has 0 spiro atoms. The number of halogens is 2. The van der Waals surface area contributed by atoms with E-state index in [1.807, 2.05) is 0 Å². The fourth-order valence-electron chi connectivity index (χ4n) is 2.23. The molecular formula is C14H13F2N5O2. The maximum Gasteiger partial charge on any atom is 0.324 e. The molecule has 120 valence electrons. The first-order valence-electron chi connectivity index (χ1n) is 6.87. The van der Waals surface area contributed by atoms with Crippen molar-refractivity contribution in [1.82, 2.24) is 20.0 Å². The monoisotopic (exact) mass is 321 g/mol. The van der Waals surface area contributed by atoms with Crippen molar-refractivity contribution >= 4 is 17.6 Å². The average Bonchev–Trinajstić information content (AvgIpc) is 3.14. The van der Waals surface area contributed by atoms with Gasteiger partial charge in [-0.3, -0.25) is 9.69 Å². The molecule has 1 aliphatic heterocycles. The zero-order valence-electron chi connectivity index (χ0n) is 11.9. The Labute approximate surface area is 129 Å². The normalized spacial score (nSPS) is 14.0. The Bertz CT molecular complexity index is 741. The number of amides is 3. The number of urea groups is 1. The van der Waals surface area contributed by atoms with Crippen LogP contribution in [0.5, 0.6) is 0 Å². The molecule has 3 rings (SSSR count). The summed E-state index contributed by atoms with van der Waals surface area (Å²) in [5.41, 5.74) is 0.103. The maximum absolute atomic E-state index is 13.7. The Morgan fingerprint density at radius 3 is 2.74 bits per heavy atom. The van der Waals surface area contributed by atoms with Crippen molar-refractivity contribution in [2.24, 2.45) is 0 Å². The van der Waals surface area contributed by atoms with Gasteiger partial charge in [0.15, 0.2) is 11.6 Å². The smallest absolute Gasteiger partial charge is 0.324 e. The summed E-state index contributed by atoms with van der Waals surface area (Å²) in [6.45, 7) is 0.618. The summed E-state index contributed by atoms with van der Waals surface area (Å²) in [6, 6.07) is 3.09. The van der Waals surface area contributed by atoms with E-state index in [2.05, 4.69) is 15.7 Å². The fourth-order valence-corrected chi connectivity index (χ4v) is 2.23. The lowest BCUT2D eigenvalue weighted by atomic mass is 10.3. The number of nitrogens with one attached hydrogen (secondary N) is 2. The van der Waals surface area contributed by atoms with E-state index in [9.17, 15) is 18.4 Å². The maximum atomic E-state index is 13.7. The van der Waals surface area contributed by atoms with Gasteiger partial charge >= 0.3 is 6.03 Å². The van der Waals surface area contributed by atoms with Crippen LogP contribution < -0.4 is 10.6 Å². The number of benzene rings is 1. The number of carbonyl (C=O) groups excluding carboxylic acids is 2. The van der Waals surface area contributed by atoms with Gasteiger partial charge in [-0.2, -0.15) is 5.10 Å². The number of rotatable bonds is 4. The average molecular weight is 321 g/mol. The molecule has 1 aromatic heterocycles. The summed E-state index contributed by atoms with van der Waals surface area (Å²) in [6.07, 6.45) is 2.70. The van der Waals surface area contributed by atoms with Gasteiger partial charge in [0.1, 0.15) is 5.69 Å². The molecule has 9 heteroatoms. The fraction of sp³-hybridized carbons (Fsp3) is 0.214. The second-order valence-electron chi connectivity index (χ2n) is 4.87. The van der Waals surface area contributed by atoms with Crippen LogP contribution in [0.4, 0.5) is 19.3 Å². The molecule has 0 radical (unpaired) electrons. The van der Waals surface area contributed by atoms with Crippen LogP contribution >= 0.6 is 0 Å². The summed E-state index contributed by atoms with van der Waals surface area (Å²) in [4.78, 5) is 24.3. The zero-order chi connectivity index (χ0) is 16.4. The molecule has 1 saturated heterocycles. The first kappa shape index (κ1) is 14.9. The highest BCUT2D eigenvalue weighted by Gasteiger charge is 2.25. The molecule has 2 heterocycles. The summed E-state index contributed by atoms with van der Waals surface area (Å²) in [5.74, 6) is -1.89. The van der Waals surface area contributed by atoms with Gasteiger partial charge in [0, 0.05) is 13.1 Å². The lowest BCUT2D eigenvalue weighted by Gasteiger charge is -2.12. The van der Waals surface area contributed by atoms with Gasteiger partial charge in [0.05, 0.1) is 24.6 Å². The van der Waals surface area contributed by atoms with Crippen molar-refractivity contribution in [3.63, 3.8) is 0 Å². The Hall–Kier alpha value is -2.97. The Morgan fingerprint density at radius 2 is 2.09 bits per heavy atom. The van der Waals surface area contributed by atoms with Crippen molar-refractivity contribution in [2.75, 3.05) is 25.0 Å². The minimum absolute atomic E-state index is 0.126. The number of para-hydroxylation sites is 1. The first-order chi connectivity index (χ1) is 11.1. The molecule has 3 amide bonds. The molecule has 2 aromatic rings. The highest BCUT2D eigenvalue weighted by molar-refractivity contribution is 5.97. The number of nitrogens with zero attached hydrogens (tertiary/aromatic N) is 3. The molecule has 0 atom stereocenters.